The number of rotatable bonds is 10. The van der Waals surface area contributed by atoms with E-state index in [4.69, 9.17) is 4.74 Å². The van der Waals surface area contributed by atoms with Crippen LogP contribution in [0.25, 0.3) is 0 Å². The van der Waals surface area contributed by atoms with Crippen molar-refractivity contribution in [3.05, 3.63) is 60.7 Å². The molecule has 2 aromatic carbocycles. The number of hydrogen-bond donors (Lipinski definition) is 0. The first-order valence-electron chi connectivity index (χ1n) is 8.70. The summed E-state index contributed by atoms with van der Waals surface area (Å²) in [5.41, 5.74) is 0. The molecule has 1 atom stereocenters. The second kappa shape index (κ2) is 11.1. The third-order valence-electron chi connectivity index (χ3n) is 3.77. The minimum Gasteiger partial charge on any atom is -0.465 e. The van der Waals surface area contributed by atoms with Crippen molar-refractivity contribution in [1.29, 1.82) is 0 Å². The Bertz CT molecular complexity index is 647. The van der Waals surface area contributed by atoms with Crippen molar-refractivity contribution in [2.24, 2.45) is 5.92 Å². The molecule has 0 N–H and O–H groups in total. The highest BCUT2D eigenvalue weighted by Crippen LogP contribution is 2.38. The van der Waals surface area contributed by atoms with Gasteiger partial charge in [0.25, 0.3) is 0 Å². The molecule has 0 aliphatic carbocycles. The Morgan fingerprint density at radius 2 is 1.38 bits per heavy atom. The number of carbonyl (C=O) groups is 2. The van der Waals surface area contributed by atoms with Gasteiger partial charge >= 0.3 is 5.97 Å². The van der Waals surface area contributed by atoms with E-state index in [9.17, 15) is 9.59 Å². The molecule has 0 aromatic heterocycles. The lowest BCUT2D eigenvalue weighted by atomic mass is 10.00. The number of benzene rings is 2. The van der Waals surface area contributed by atoms with E-state index in [1.807, 2.05) is 36.4 Å². The van der Waals surface area contributed by atoms with Crippen molar-refractivity contribution in [3.8, 4) is 0 Å². The fourth-order valence-corrected chi connectivity index (χ4v) is 5.08. The Morgan fingerprint density at radius 3 is 1.81 bits per heavy atom. The van der Waals surface area contributed by atoms with Crippen molar-refractivity contribution in [3.63, 3.8) is 0 Å². The Kier molecular flexibility index (Phi) is 8.78. The Morgan fingerprint density at radius 1 is 0.885 bits per heavy atom. The van der Waals surface area contributed by atoms with Crippen LogP contribution in [0.1, 0.15) is 26.7 Å². The molecule has 0 bridgehead atoms. The molecule has 1 unspecified atom stereocenters. The van der Waals surface area contributed by atoms with Crippen molar-refractivity contribution < 1.29 is 14.3 Å². The smallest absolute Gasteiger partial charge is 0.316 e. The summed E-state index contributed by atoms with van der Waals surface area (Å²) in [6, 6.07) is 20.4. The molecule has 26 heavy (non-hydrogen) atoms. The molecule has 2 aromatic rings. The number of ketones is 1. The molecule has 0 saturated heterocycles. The lowest BCUT2D eigenvalue weighted by molar-refractivity contribution is -0.151. The minimum atomic E-state index is -0.676. The molecular weight excluding hydrogens is 364 g/mol. The molecule has 0 saturated carbocycles. The summed E-state index contributed by atoms with van der Waals surface area (Å²) in [5, 5.41) is 0. The van der Waals surface area contributed by atoms with E-state index in [1.165, 1.54) is 16.7 Å². The van der Waals surface area contributed by atoms with Gasteiger partial charge in [-0.3, -0.25) is 9.59 Å². The summed E-state index contributed by atoms with van der Waals surface area (Å²) in [7, 11) is 0. The predicted octanol–water partition coefficient (Wildman–Crippen LogP) is 5.45. The van der Waals surface area contributed by atoms with Gasteiger partial charge in [-0.1, -0.05) is 36.4 Å². The van der Waals surface area contributed by atoms with Gasteiger partial charge in [-0.15, -0.1) is 23.5 Å². The standard InChI is InChI=1S/C21H24O3S2/c1-3-24-21(23)19(16(2)22)14-15-20(25-17-10-6-4-7-11-17)26-18-12-8-5-9-13-18/h4-13,19-20H,3,14-15H2,1-2H3. The first-order valence-corrected chi connectivity index (χ1v) is 10.5. The van der Waals surface area contributed by atoms with Gasteiger partial charge in [0.05, 0.1) is 11.2 Å². The fraction of sp³-hybridized carbons (Fsp3) is 0.333. The average molecular weight is 389 g/mol. The van der Waals surface area contributed by atoms with Crippen LogP contribution in [0, 0.1) is 5.92 Å². The van der Waals surface area contributed by atoms with Crippen LogP contribution in [0.4, 0.5) is 0 Å². The highest BCUT2D eigenvalue weighted by Gasteiger charge is 2.26. The van der Waals surface area contributed by atoms with E-state index in [0.717, 1.165) is 6.42 Å². The molecule has 0 radical (unpaired) electrons. The SMILES string of the molecule is CCOC(=O)C(CCC(Sc1ccccc1)Sc1ccccc1)C(C)=O. The van der Waals surface area contributed by atoms with Gasteiger partial charge in [-0.05, 0) is 51.0 Å². The number of thioether (sulfide) groups is 2. The molecule has 3 nitrogen and oxygen atoms in total. The number of hydrogen-bond acceptors (Lipinski definition) is 5. The topological polar surface area (TPSA) is 43.4 Å². The molecule has 5 heteroatoms. The van der Waals surface area contributed by atoms with Crippen LogP contribution in [-0.4, -0.2) is 22.9 Å². The lowest BCUT2D eigenvalue weighted by Crippen LogP contribution is -2.25. The van der Waals surface area contributed by atoms with Gasteiger partial charge in [-0.2, -0.15) is 0 Å². The maximum Gasteiger partial charge on any atom is 0.316 e. The van der Waals surface area contributed by atoms with Gasteiger partial charge < -0.3 is 4.74 Å². The number of esters is 1. The molecule has 0 aliphatic rings. The van der Waals surface area contributed by atoms with Crippen LogP contribution < -0.4 is 0 Å². The molecule has 0 aliphatic heterocycles. The number of Topliss-reactive ketones (excluding diaryl/α,β-unsaturated/α-hetero) is 1. The fourth-order valence-electron chi connectivity index (χ4n) is 2.48. The molecule has 0 spiro atoms. The molecule has 2 rings (SSSR count). The predicted molar refractivity (Wildman–Crippen MR) is 108 cm³/mol. The van der Waals surface area contributed by atoms with Gasteiger partial charge in [-0.25, -0.2) is 0 Å². The molecule has 0 amide bonds. The molecule has 138 valence electrons. The maximum absolute atomic E-state index is 12.1. The normalized spacial score (nSPS) is 12.0. The van der Waals surface area contributed by atoms with E-state index in [0.29, 0.717) is 13.0 Å². The number of ether oxygens (including phenoxy) is 1. The molecule has 0 heterocycles. The Hall–Kier alpha value is -1.72. The van der Waals surface area contributed by atoms with Gasteiger partial charge in [0.15, 0.2) is 0 Å². The average Bonchev–Trinajstić information content (AvgIpc) is 2.63. The first kappa shape index (κ1) is 20.6. The number of carbonyl (C=O) groups excluding carboxylic acids is 2. The van der Waals surface area contributed by atoms with Crippen LogP contribution in [-0.2, 0) is 14.3 Å². The zero-order chi connectivity index (χ0) is 18.8. The van der Waals surface area contributed by atoms with E-state index in [-0.39, 0.29) is 10.4 Å². The minimum absolute atomic E-state index is 0.128. The summed E-state index contributed by atoms with van der Waals surface area (Å²) >= 11 is 3.52. The summed E-state index contributed by atoms with van der Waals surface area (Å²) in [6.45, 7) is 3.52. The maximum atomic E-state index is 12.1. The Balaban J connectivity index is 2.07. The third kappa shape index (κ3) is 6.89. The largest absolute Gasteiger partial charge is 0.465 e. The quantitative estimate of drug-likeness (QED) is 0.234. The first-order chi connectivity index (χ1) is 12.6. The zero-order valence-corrected chi connectivity index (χ0v) is 16.7. The summed E-state index contributed by atoms with van der Waals surface area (Å²) in [5.74, 6) is -1.21. The van der Waals surface area contributed by atoms with Crippen molar-refractivity contribution >= 4 is 35.3 Å². The van der Waals surface area contributed by atoms with Crippen LogP contribution >= 0.6 is 23.5 Å². The second-order valence-electron chi connectivity index (χ2n) is 5.78. The van der Waals surface area contributed by atoms with Gasteiger partial charge in [0, 0.05) is 9.79 Å². The third-order valence-corrected chi connectivity index (χ3v) is 6.44. The highest BCUT2D eigenvalue weighted by atomic mass is 32.2. The highest BCUT2D eigenvalue weighted by molar-refractivity contribution is 8.17. The van der Waals surface area contributed by atoms with E-state index in [1.54, 1.807) is 30.4 Å². The summed E-state index contributed by atoms with van der Waals surface area (Å²) in [6.07, 6.45) is 1.24. The second-order valence-corrected chi connectivity index (χ2v) is 8.63. The van der Waals surface area contributed by atoms with Crippen LogP contribution in [0.3, 0.4) is 0 Å². The summed E-state index contributed by atoms with van der Waals surface area (Å²) < 4.78 is 5.27. The molecular formula is C21H24O3S2. The van der Waals surface area contributed by atoms with Crippen molar-refractivity contribution in [1.82, 2.24) is 0 Å². The van der Waals surface area contributed by atoms with Crippen LogP contribution in [0.5, 0.6) is 0 Å². The van der Waals surface area contributed by atoms with Gasteiger partial charge in [0.2, 0.25) is 0 Å². The van der Waals surface area contributed by atoms with E-state index >= 15 is 0 Å². The van der Waals surface area contributed by atoms with Crippen LogP contribution in [0.15, 0.2) is 70.5 Å². The van der Waals surface area contributed by atoms with E-state index in [2.05, 4.69) is 24.3 Å². The molecule has 0 fully saturated rings. The van der Waals surface area contributed by atoms with Crippen molar-refractivity contribution in [2.45, 2.75) is 41.1 Å². The summed E-state index contributed by atoms with van der Waals surface area (Å²) in [4.78, 5) is 26.3. The Labute approximate surface area is 163 Å². The monoisotopic (exact) mass is 388 g/mol. The van der Waals surface area contributed by atoms with E-state index < -0.39 is 11.9 Å². The zero-order valence-electron chi connectivity index (χ0n) is 15.1. The van der Waals surface area contributed by atoms with Crippen molar-refractivity contribution in [2.75, 3.05) is 6.61 Å². The van der Waals surface area contributed by atoms with Gasteiger partial charge in [0.1, 0.15) is 11.7 Å². The van der Waals surface area contributed by atoms with Crippen LogP contribution in [0.2, 0.25) is 0 Å². The lowest BCUT2D eigenvalue weighted by Gasteiger charge is -2.19.